The lowest BCUT2D eigenvalue weighted by Crippen LogP contribution is -3.13. The summed E-state index contributed by atoms with van der Waals surface area (Å²) in [5.41, 5.74) is 2.11. The third-order valence-corrected chi connectivity index (χ3v) is 5.63. The number of nitrogens with zero attached hydrogens (tertiary/aromatic N) is 1. The summed E-state index contributed by atoms with van der Waals surface area (Å²) in [4.78, 5) is 31.1. The minimum Gasteiger partial charge on any atom is -0.454 e. The number of carbonyl (C=O) groups is 1. The van der Waals surface area contributed by atoms with Crippen molar-refractivity contribution in [2.45, 2.75) is 6.54 Å². The third kappa shape index (κ3) is 3.45. The van der Waals surface area contributed by atoms with Gasteiger partial charge < -0.3 is 24.3 Å². The number of piperazine rings is 1. The van der Waals surface area contributed by atoms with E-state index in [-0.39, 0.29) is 18.3 Å². The van der Waals surface area contributed by atoms with Crippen LogP contribution in [-0.4, -0.2) is 48.8 Å². The Labute approximate surface area is 167 Å². The summed E-state index contributed by atoms with van der Waals surface area (Å²) in [6.45, 7) is 4.22. The van der Waals surface area contributed by atoms with Crippen molar-refractivity contribution in [1.29, 1.82) is 0 Å². The van der Waals surface area contributed by atoms with E-state index in [0.717, 1.165) is 36.5 Å². The van der Waals surface area contributed by atoms with Gasteiger partial charge in [-0.25, -0.2) is 0 Å². The lowest BCUT2D eigenvalue weighted by Gasteiger charge is -2.32. The number of hydrogen-bond donors (Lipinski definition) is 2. The molecular weight excluding hydrogens is 370 g/mol. The number of fused-ring (bicyclic) bond motifs is 2. The second kappa shape index (κ2) is 7.25. The molecule has 0 unspecified atom stereocenters. The molecule has 29 heavy (non-hydrogen) atoms. The number of H-pyrrole nitrogens is 1. The molecule has 7 heteroatoms. The van der Waals surface area contributed by atoms with Crippen molar-refractivity contribution in [3.63, 3.8) is 0 Å². The molecule has 0 spiro atoms. The topological polar surface area (TPSA) is 76.1 Å². The fourth-order valence-electron chi connectivity index (χ4n) is 4.09. The maximum Gasteiger partial charge on any atom is 0.255 e. The average Bonchev–Trinajstić information content (AvgIpc) is 3.21. The van der Waals surface area contributed by atoms with Gasteiger partial charge in [-0.3, -0.25) is 9.59 Å². The molecule has 148 valence electrons. The number of amides is 1. The van der Waals surface area contributed by atoms with Crippen molar-refractivity contribution in [2.24, 2.45) is 0 Å². The molecule has 1 aromatic heterocycles. The number of quaternary nitrogens is 1. The fraction of sp³-hybridized carbons (Fsp3) is 0.273. The normalized spacial score (nSPS) is 16.3. The number of aromatic nitrogens is 1. The number of para-hydroxylation sites is 1. The molecule has 5 rings (SSSR count). The third-order valence-electron chi connectivity index (χ3n) is 5.63. The molecule has 2 aliphatic rings. The predicted octanol–water partition coefficient (Wildman–Crippen LogP) is 0.798. The molecule has 0 atom stereocenters. The van der Waals surface area contributed by atoms with Gasteiger partial charge in [0.1, 0.15) is 6.54 Å². The standard InChI is InChI=1S/C22H21N3O4/c26-21-12-17(16-3-1-2-4-18(16)23-21)22(27)25-9-7-24(8-10-25)13-15-5-6-19-20(11-15)29-14-28-19/h1-6,11-12H,7-10,13-14H2,(H,23,26)/p+1. The first kappa shape index (κ1) is 17.8. The van der Waals surface area contributed by atoms with E-state index in [1.54, 1.807) is 0 Å². The number of nitrogens with one attached hydrogen (secondary N) is 2. The molecule has 1 amide bonds. The van der Waals surface area contributed by atoms with E-state index in [4.69, 9.17) is 9.47 Å². The summed E-state index contributed by atoms with van der Waals surface area (Å²) in [6, 6.07) is 14.9. The quantitative estimate of drug-likeness (QED) is 0.691. The molecule has 0 saturated carbocycles. The van der Waals surface area contributed by atoms with Crippen LogP contribution in [0.15, 0.2) is 53.3 Å². The second-order valence-corrected chi connectivity index (χ2v) is 7.50. The molecule has 0 aliphatic carbocycles. The lowest BCUT2D eigenvalue weighted by molar-refractivity contribution is -0.917. The minimum absolute atomic E-state index is 0.0746. The Morgan fingerprint density at radius 1 is 1.03 bits per heavy atom. The minimum atomic E-state index is -0.251. The zero-order valence-corrected chi connectivity index (χ0v) is 15.9. The second-order valence-electron chi connectivity index (χ2n) is 7.50. The van der Waals surface area contributed by atoms with E-state index in [2.05, 4.69) is 11.1 Å². The number of ether oxygens (including phenoxy) is 2. The van der Waals surface area contributed by atoms with Gasteiger partial charge in [0.25, 0.3) is 5.91 Å². The maximum absolute atomic E-state index is 13.1. The lowest BCUT2D eigenvalue weighted by atomic mass is 10.1. The van der Waals surface area contributed by atoms with Crippen molar-refractivity contribution in [3.8, 4) is 11.5 Å². The number of carbonyl (C=O) groups excluding carboxylic acids is 1. The van der Waals surface area contributed by atoms with E-state index < -0.39 is 0 Å². The van der Waals surface area contributed by atoms with Crippen LogP contribution in [0.4, 0.5) is 0 Å². The van der Waals surface area contributed by atoms with Crippen LogP contribution < -0.4 is 19.9 Å². The molecule has 1 fully saturated rings. The Bertz CT molecular complexity index is 1130. The summed E-state index contributed by atoms with van der Waals surface area (Å²) in [7, 11) is 0. The predicted molar refractivity (Wildman–Crippen MR) is 107 cm³/mol. The van der Waals surface area contributed by atoms with Gasteiger partial charge in [0, 0.05) is 22.5 Å². The van der Waals surface area contributed by atoms with Gasteiger partial charge >= 0.3 is 0 Å². The largest absolute Gasteiger partial charge is 0.454 e. The number of pyridine rings is 1. The monoisotopic (exact) mass is 392 g/mol. The van der Waals surface area contributed by atoms with Crippen molar-refractivity contribution in [3.05, 3.63) is 70.0 Å². The molecule has 0 bridgehead atoms. The molecule has 0 radical (unpaired) electrons. The van der Waals surface area contributed by atoms with Gasteiger partial charge in [0.05, 0.1) is 31.7 Å². The molecule has 2 N–H and O–H groups in total. The van der Waals surface area contributed by atoms with Crippen molar-refractivity contribution in [2.75, 3.05) is 33.0 Å². The van der Waals surface area contributed by atoms with Gasteiger partial charge in [0.2, 0.25) is 12.4 Å². The van der Waals surface area contributed by atoms with E-state index in [1.165, 1.54) is 16.5 Å². The first-order chi connectivity index (χ1) is 14.2. The van der Waals surface area contributed by atoms with E-state index in [1.807, 2.05) is 41.3 Å². The molecule has 2 aromatic carbocycles. The van der Waals surface area contributed by atoms with E-state index in [9.17, 15) is 9.59 Å². The highest BCUT2D eigenvalue weighted by Crippen LogP contribution is 2.32. The zero-order chi connectivity index (χ0) is 19.8. The zero-order valence-electron chi connectivity index (χ0n) is 15.9. The highest BCUT2D eigenvalue weighted by Gasteiger charge is 2.26. The Kier molecular flexibility index (Phi) is 4.44. The van der Waals surface area contributed by atoms with Crippen molar-refractivity contribution in [1.82, 2.24) is 9.88 Å². The number of benzene rings is 2. The molecular formula is C22H22N3O4+. The Hall–Kier alpha value is -3.32. The van der Waals surface area contributed by atoms with Crippen LogP contribution >= 0.6 is 0 Å². The molecule has 1 saturated heterocycles. The SMILES string of the molecule is O=C(c1cc(=O)[nH]c2ccccc12)N1CC[NH+](Cc2ccc3c(c2)OCO3)CC1. The Balaban J connectivity index is 1.27. The van der Waals surface area contributed by atoms with Gasteiger partial charge in [-0.05, 0) is 24.3 Å². The molecule has 7 nitrogen and oxygen atoms in total. The number of hydrogen-bond acceptors (Lipinski definition) is 4. The van der Waals surface area contributed by atoms with Crippen LogP contribution in [0.2, 0.25) is 0 Å². The molecule has 3 heterocycles. The first-order valence-corrected chi connectivity index (χ1v) is 9.81. The van der Waals surface area contributed by atoms with E-state index >= 15 is 0 Å². The fourth-order valence-corrected chi connectivity index (χ4v) is 4.09. The summed E-state index contributed by atoms with van der Waals surface area (Å²) >= 11 is 0. The number of rotatable bonds is 3. The highest BCUT2D eigenvalue weighted by atomic mass is 16.7. The van der Waals surface area contributed by atoms with Gasteiger partial charge in [-0.2, -0.15) is 0 Å². The summed E-state index contributed by atoms with van der Waals surface area (Å²) in [5, 5.41) is 0.784. The Morgan fingerprint density at radius 2 is 1.83 bits per heavy atom. The maximum atomic E-state index is 13.1. The van der Waals surface area contributed by atoms with Gasteiger partial charge in [0.15, 0.2) is 11.5 Å². The van der Waals surface area contributed by atoms with Gasteiger partial charge in [-0.1, -0.05) is 18.2 Å². The molecule has 2 aliphatic heterocycles. The smallest absolute Gasteiger partial charge is 0.255 e. The van der Waals surface area contributed by atoms with Crippen LogP contribution in [0.5, 0.6) is 11.5 Å². The van der Waals surface area contributed by atoms with Gasteiger partial charge in [-0.15, -0.1) is 0 Å². The van der Waals surface area contributed by atoms with Crippen molar-refractivity contribution < 1.29 is 19.2 Å². The summed E-state index contributed by atoms with van der Waals surface area (Å²) in [6.07, 6.45) is 0. The number of aromatic amines is 1. The molecule has 3 aromatic rings. The first-order valence-electron chi connectivity index (χ1n) is 9.81. The summed E-state index contributed by atoms with van der Waals surface area (Å²) in [5.74, 6) is 1.52. The van der Waals surface area contributed by atoms with Crippen LogP contribution in [0.3, 0.4) is 0 Å². The van der Waals surface area contributed by atoms with Crippen LogP contribution in [0.25, 0.3) is 10.9 Å². The Morgan fingerprint density at radius 3 is 2.69 bits per heavy atom. The summed E-state index contributed by atoms with van der Waals surface area (Å²) < 4.78 is 10.8. The van der Waals surface area contributed by atoms with Crippen LogP contribution in [0, 0.1) is 0 Å². The van der Waals surface area contributed by atoms with Crippen LogP contribution in [-0.2, 0) is 6.54 Å². The average molecular weight is 392 g/mol. The van der Waals surface area contributed by atoms with Crippen molar-refractivity contribution >= 4 is 16.8 Å². The van der Waals surface area contributed by atoms with Crippen LogP contribution in [0.1, 0.15) is 15.9 Å². The van der Waals surface area contributed by atoms with E-state index in [0.29, 0.717) is 24.2 Å². The highest BCUT2D eigenvalue weighted by molar-refractivity contribution is 6.05.